The molecule has 0 unspecified atom stereocenters. The lowest BCUT2D eigenvalue weighted by molar-refractivity contribution is -0.141. The largest absolute Gasteiger partial charge is 0.483 e. The number of ether oxygens (including phenoxy) is 1. The van der Waals surface area contributed by atoms with Crippen molar-refractivity contribution in [2.45, 2.75) is 45.7 Å². The number of nitrogens with one attached hydrogen (secondary N) is 1. The predicted molar refractivity (Wildman–Crippen MR) is 136 cm³/mol. The van der Waals surface area contributed by atoms with Gasteiger partial charge in [0.1, 0.15) is 11.8 Å². The Morgan fingerprint density at radius 3 is 2.42 bits per heavy atom. The molecule has 0 bridgehead atoms. The minimum Gasteiger partial charge on any atom is -0.483 e. The second kappa shape index (κ2) is 11.8. The van der Waals surface area contributed by atoms with Gasteiger partial charge < -0.3 is 15.0 Å². The third-order valence-electron chi connectivity index (χ3n) is 5.83. The zero-order valence-electron chi connectivity index (χ0n) is 19.4. The summed E-state index contributed by atoms with van der Waals surface area (Å²) in [6, 6.07) is 21.2. The lowest BCUT2D eigenvalue weighted by Gasteiger charge is -2.29. The van der Waals surface area contributed by atoms with Crippen LogP contribution in [0.15, 0.2) is 71.2 Å². The molecule has 33 heavy (non-hydrogen) atoms. The van der Waals surface area contributed by atoms with Gasteiger partial charge in [0.2, 0.25) is 5.91 Å². The quantitative estimate of drug-likeness (QED) is 0.399. The summed E-state index contributed by atoms with van der Waals surface area (Å²) in [7, 11) is 0. The minimum absolute atomic E-state index is 0.0517. The lowest BCUT2D eigenvalue weighted by atomic mass is 10.1. The Morgan fingerprint density at radius 1 is 1.00 bits per heavy atom. The predicted octanol–water partition coefficient (Wildman–Crippen LogP) is 5.36. The summed E-state index contributed by atoms with van der Waals surface area (Å²) in [6.07, 6.45) is 1.49. The van der Waals surface area contributed by atoms with Crippen LogP contribution in [0.5, 0.6) is 5.75 Å². The number of halogens is 1. The van der Waals surface area contributed by atoms with Gasteiger partial charge >= 0.3 is 0 Å². The van der Waals surface area contributed by atoms with E-state index in [1.807, 2.05) is 80.6 Å². The van der Waals surface area contributed by atoms with Crippen molar-refractivity contribution < 1.29 is 14.3 Å². The van der Waals surface area contributed by atoms with Crippen molar-refractivity contribution in [2.75, 3.05) is 13.2 Å². The van der Waals surface area contributed by atoms with Crippen molar-refractivity contribution in [2.24, 2.45) is 0 Å². The maximum atomic E-state index is 13.2. The lowest BCUT2D eigenvalue weighted by Crippen LogP contribution is -2.51. The molecule has 174 valence electrons. The molecule has 0 radical (unpaired) electrons. The molecule has 0 spiro atoms. The number of benzene rings is 3. The fraction of sp³-hybridized carbons (Fsp3) is 0.333. The minimum atomic E-state index is -0.598. The Balaban J connectivity index is 1.73. The molecule has 1 N–H and O–H groups in total. The highest BCUT2D eigenvalue weighted by Crippen LogP contribution is 2.33. The first-order chi connectivity index (χ1) is 15.9. The summed E-state index contributed by atoms with van der Waals surface area (Å²) >= 11 is 3.60. The Kier molecular flexibility index (Phi) is 8.89. The number of amides is 2. The fourth-order valence-corrected chi connectivity index (χ4v) is 4.19. The van der Waals surface area contributed by atoms with E-state index in [0.29, 0.717) is 18.7 Å². The average molecular weight is 511 g/mol. The van der Waals surface area contributed by atoms with Crippen LogP contribution in [0, 0.1) is 0 Å². The number of fused-ring (bicyclic) bond motifs is 1. The van der Waals surface area contributed by atoms with Gasteiger partial charge in [-0.3, -0.25) is 9.59 Å². The van der Waals surface area contributed by atoms with E-state index in [9.17, 15) is 9.59 Å². The molecule has 0 heterocycles. The van der Waals surface area contributed by atoms with Crippen LogP contribution < -0.4 is 10.1 Å². The van der Waals surface area contributed by atoms with Gasteiger partial charge in [-0.2, -0.15) is 0 Å². The Labute approximate surface area is 204 Å². The molecule has 0 aliphatic carbocycles. The molecule has 3 aromatic rings. The summed E-state index contributed by atoms with van der Waals surface area (Å²) in [4.78, 5) is 27.6. The van der Waals surface area contributed by atoms with Crippen LogP contribution in [-0.2, 0) is 16.0 Å². The van der Waals surface area contributed by atoms with Crippen LogP contribution in [0.2, 0.25) is 0 Å². The molecule has 5 nitrogen and oxygen atoms in total. The van der Waals surface area contributed by atoms with Gasteiger partial charge in [0.05, 0.1) is 4.47 Å². The van der Waals surface area contributed by atoms with E-state index in [1.54, 1.807) is 11.8 Å². The van der Waals surface area contributed by atoms with E-state index in [0.717, 1.165) is 27.2 Å². The SMILES string of the molecule is CC[C@H](C)NC(=O)[C@H](C)N(CCc1ccccc1)C(=O)COc1ccc2ccccc2c1Br. The van der Waals surface area contributed by atoms with Crippen LogP contribution in [0.3, 0.4) is 0 Å². The van der Waals surface area contributed by atoms with Gasteiger partial charge in [-0.15, -0.1) is 0 Å². The van der Waals surface area contributed by atoms with E-state index >= 15 is 0 Å². The molecular weight excluding hydrogens is 480 g/mol. The second-order valence-corrected chi connectivity index (χ2v) is 9.00. The standard InChI is InChI=1S/C27H31BrN2O3/c1-4-19(2)29-27(32)20(3)30(17-16-21-10-6-5-7-11-21)25(31)18-33-24-15-14-22-12-8-9-13-23(22)26(24)28/h5-15,19-20H,4,16-18H2,1-3H3,(H,29,32)/t19-,20-/m0/s1. The zero-order valence-corrected chi connectivity index (χ0v) is 21.0. The van der Waals surface area contributed by atoms with Gasteiger partial charge in [0.15, 0.2) is 6.61 Å². The number of hydrogen-bond donors (Lipinski definition) is 1. The van der Waals surface area contributed by atoms with Gasteiger partial charge in [-0.05, 0) is 65.0 Å². The molecule has 0 aliphatic rings. The van der Waals surface area contributed by atoms with Crippen molar-refractivity contribution in [3.63, 3.8) is 0 Å². The topological polar surface area (TPSA) is 58.6 Å². The van der Waals surface area contributed by atoms with E-state index in [4.69, 9.17) is 4.74 Å². The molecule has 0 aliphatic heterocycles. The van der Waals surface area contributed by atoms with Crippen LogP contribution >= 0.6 is 15.9 Å². The maximum Gasteiger partial charge on any atom is 0.261 e. The van der Waals surface area contributed by atoms with Gasteiger partial charge in [-0.25, -0.2) is 0 Å². The molecular formula is C27H31BrN2O3. The molecule has 3 aromatic carbocycles. The summed E-state index contributed by atoms with van der Waals surface area (Å²) in [5.41, 5.74) is 1.11. The van der Waals surface area contributed by atoms with E-state index < -0.39 is 6.04 Å². The van der Waals surface area contributed by atoms with Crippen LogP contribution in [0.25, 0.3) is 10.8 Å². The van der Waals surface area contributed by atoms with E-state index in [1.165, 1.54) is 0 Å². The number of carbonyl (C=O) groups is 2. The summed E-state index contributed by atoms with van der Waals surface area (Å²) in [6.45, 7) is 6.03. The number of hydrogen-bond acceptors (Lipinski definition) is 3. The van der Waals surface area contributed by atoms with Crippen molar-refractivity contribution in [3.05, 3.63) is 76.8 Å². The Bertz CT molecular complexity index is 1090. The molecule has 3 rings (SSSR count). The third-order valence-corrected chi connectivity index (χ3v) is 6.65. The molecule has 0 saturated carbocycles. The van der Waals surface area contributed by atoms with Gasteiger partial charge in [0.25, 0.3) is 5.91 Å². The van der Waals surface area contributed by atoms with Crippen LogP contribution in [0.1, 0.15) is 32.8 Å². The third kappa shape index (κ3) is 6.57. The molecule has 2 amide bonds. The summed E-state index contributed by atoms with van der Waals surface area (Å²) in [5.74, 6) is 0.220. The van der Waals surface area contributed by atoms with Gasteiger partial charge in [0, 0.05) is 12.6 Å². The smallest absolute Gasteiger partial charge is 0.261 e. The molecule has 6 heteroatoms. The second-order valence-electron chi connectivity index (χ2n) is 8.20. The Morgan fingerprint density at radius 2 is 1.70 bits per heavy atom. The highest BCUT2D eigenvalue weighted by Gasteiger charge is 2.27. The van der Waals surface area contributed by atoms with Crippen molar-refractivity contribution in [1.29, 1.82) is 0 Å². The van der Waals surface area contributed by atoms with Crippen molar-refractivity contribution >= 4 is 38.5 Å². The highest BCUT2D eigenvalue weighted by atomic mass is 79.9. The Hall–Kier alpha value is -2.86. The summed E-state index contributed by atoms with van der Waals surface area (Å²) < 4.78 is 6.71. The highest BCUT2D eigenvalue weighted by molar-refractivity contribution is 9.10. The van der Waals surface area contributed by atoms with E-state index in [-0.39, 0.29) is 24.5 Å². The van der Waals surface area contributed by atoms with E-state index in [2.05, 4.69) is 21.2 Å². The number of nitrogens with zero attached hydrogens (tertiary/aromatic N) is 1. The van der Waals surface area contributed by atoms with Crippen LogP contribution in [-0.4, -0.2) is 41.9 Å². The zero-order chi connectivity index (χ0) is 23.8. The number of rotatable bonds is 10. The molecule has 0 saturated heterocycles. The van der Waals surface area contributed by atoms with Gasteiger partial charge in [-0.1, -0.05) is 67.6 Å². The fourth-order valence-electron chi connectivity index (χ4n) is 3.58. The average Bonchev–Trinajstić information content (AvgIpc) is 2.84. The van der Waals surface area contributed by atoms with Crippen molar-refractivity contribution in [3.8, 4) is 5.75 Å². The molecule has 0 aromatic heterocycles. The first-order valence-corrected chi connectivity index (χ1v) is 12.1. The first kappa shape index (κ1) is 24.8. The normalized spacial score (nSPS) is 12.7. The van der Waals surface area contributed by atoms with Crippen LogP contribution in [0.4, 0.5) is 0 Å². The summed E-state index contributed by atoms with van der Waals surface area (Å²) in [5, 5.41) is 5.09. The van der Waals surface area contributed by atoms with Crippen molar-refractivity contribution in [1.82, 2.24) is 10.2 Å². The molecule has 2 atom stereocenters. The number of carbonyl (C=O) groups excluding carboxylic acids is 2. The maximum absolute atomic E-state index is 13.2. The first-order valence-electron chi connectivity index (χ1n) is 11.3. The monoisotopic (exact) mass is 510 g/mol. The molecule has 0 fully saturated rings.